The number of halogens is 1. The lowest BCUT2D eigenvalue weighted by Gasteiger charge is -2.33. The molecule has 1 amide bonds. The largest absolute Gasteiger partial charge is 0.494 e. The standard InChI is InChI=1S/C30H31BrN6O4/c31-25-10-3-1-8-22(25)20-30(29(39)35-37-16-5-6-17-37)27(24-9-2-4-11-26(24)34-36-32)41-28(33-30)21-12-14-23(15-13-21)40-19-7-18-38/h1-4,8-15,27,38H,5-7,16-20H2,(H,35,39)/t27-,30-/m0/s1. The van der Waals surface area contributed by atoms with Crippen LogP contribution in [0.5, 0.6) is 5.75 Å². The Balaban J connectivity index is 1.61. The van der Waals surface area contributed by atoms with Crippen LogP contribution in [0.4, 0.5) is 5.69 Å². The molecule has 41 heavy (non-hydrogen) atoms. The van der Waals surface area contributed by atoms with E-state index in [9.17, 15) is 10.3 Å². The molecule has 212 valence electrons. The van der Waals surface area contributed by atoms with E-state index in [1.54, 1.807) is 24.3 Å². The summed E-state index contributed by atoms with van der Waals surface area (Å²) < 4.78 is 13.1. The fraction of sp³-hybridized carbons (Fsp3) is 0.333. The molecule has 3 aromatic carbocycles. The topological polar surface area (TPSA) is 132 Å². The normalized spacial score (nSPS) is 20.1. The van der Waals surface area contributed by atoms with Crippen LogP contribution in [0.3, 0.4) is 0 Å². The monoisotopic (exact) mass is 618 g/mol. The van der Waals surface area contributed by atoms with Crippen LogP contribution in [-0.4, -0.2) is 53.8 Å². The fourth-order valence-electron chi connectivity index (χ4n) is 5.11. The highest BCUT2D eigenvalue weighted by Gasteiger charge is 2.54. The first-order valence-electron chi connectivity index (χ1n) is 13.6. The maximum Gasteiger partial charge on any atom is 0.266 e. The van der Waals surface area contributed by atoms with E-state index in [4.69, 9.17) is 19.6 Å². The van der Waals surface area contributed by atoms with Crippen LogP contribution in [0.15, 0.2) is 87.4 Å². The molecular weight excluding hydrogens is 588 g/mol. The van der Waals surface area contributed by atoms with Crippen molar-refractivity contribution in [2.75, 3.05) is 26.3 Å². The molecule has 1 fully saturated rings. The predicted octanol–water partition coefficient (Wildman–Crippen LogP) is 5.78. The molecule has 2 heterocycles. The Bertz CT molecular complexity index is 1450. The van der Waals surface area contributed by atoms with Gasteiger partial charge in [-0.2, -0.15) is 0 Å². The van der Waals surface area contributed by atoms with Crippen molar-refractivity contribution in [3.05, 3.63) is 104 Å². The molecule has 0 unspecified atom stereocenters. The molecule has 0 spiro atoms. The number of ether oxygens (including phenoxy) is 2. The van der Waals surface area contributed by atoms with Gasteiger partial charge in [0, 0.05) is 58.7 Å². The number of azide groups is 1. The Kier molecular flexibility index (Phi) is 9.21. The molecule has 2 aliphatic heterocycles. The number of aliphatic hydroxyl groups is 1. The predicted molar refractivity (Wildman–Crippen MR) is 159 cm³/mol. The summed E-state index contributed by atoms with van der Waals surface area (Å²) in [6.45, 7) is 1.97. The molecule has 0 saturated carbocycles. The highest BCUT2D eigenvalue weighted by Crippen LogP contribution is 2.46. The maximum atomic E-state index is 14.4. The van der Waals surface area contributed by atoms with E-state index in [1.165, 1.54) is 0 Å². The highest BCUT2D eigenvalue weighted by atomic mass is 79.9. The average Bonchev–Trinajstić information content (AvgIpc) is 3.64. The van der Waals surface area contributed by atoms with E-state index < -0.39 is 11.6 Å². The summed E-state index contributed by atoms with van der Waals surface area (Å²) in [4.78, 5) is 22.4. The summed E-state index contributed by atoms with van der Waals surface area (Å²) in [7, 11) is 0. The highest BCUT2D eigenvalue weighted by molar-refractivity contribution is 9.10. The Morgan fingerprint density at radius 1 is 1.15 bits per heavy atom. The van der Waals surface area contributed by atoms with Crippen molar-refractivity contribution in [2.45, 2.75) is 37.3 Å². The van der Waals surface area contributed by atoms with Gasteiger partial charge in [-0.25, -0.2) is 10.0 Å². The summed E-state index contributed by atoms with van der Waals surface area (Å²) in [6, 6.07) is 22.1. The summed E-state index contributed by atoms with van der Waals surface area (Å²) in [6.07, 6.45) is 1.88. The van der Waals surface area contributed by atoms with Gasteiger partial charge in [0.05, 0.1) is 6.61 Å². The van der Waals surface area contributed by atoms with Gasteiger partial charge in [0.15, 0.2) is 11.6 Å². The summed E-state index contributed by atoms with van der Waals surface area (Å²) in [5, 5.41) is 14.9. The van der Waals surface area contributed by atoms with Gasteiger partial charge in [-0.3, -0.25) is 10.2 Å². The van der Waals surface area contributed by atoms with Crippen LogP contribution >= 0.6 is 15.9 Å². The van der Waals surface area contributed by atoms with Crippen molar-refractivity contribution in [3.8, 4) is 5.75 Å². The van der Waals surface area contributed by atoms with E-state index in [0.29, 0.717) is 41.5 Å². The number of benzene rings is 3. The summed E-state index contributed by atoms with van der Waals surface area (Å²) in [5.41, 5.74) is 13.5. The number of nitrogens with one attached hydrogen (secondary N) is 1. The van der Waals surface area contributed by atoms with Gasteiger partial charge in [0.25, 0.3) is 5.91 Å². The number of amides is 1. The van der Waals surface area contributed by atoms with Crippen LogP contribution < -0.4 is 10.2 Å². The second kappa shape index (κ2) is 13.2. The first-order valence-corrected chi connectivity index (χ1v) is 14.4. The lowest BCUT2D eigenvalue weighted by molar-refractivity contribution is -0.133. The summed E-state index contributed by atoms with van der Waals surface area (Å²) >= 11 is 3.65. The molecule has 3 aromatic rings. The van der Waals surface area contributed by atoms with Gasteiger partial charge in [-0.1, -0.05) is 63.5 Å². The lowest BCUT2D eigenvalue weighted by atomic mass is 9.81. The minimum absolute atomic E-state index is 0.0561. The van der Waals surface area contributed by atoms with Crippen molar-refractivity contribution in [2.24, 2.45) is 10.1 Å². The molecule has 2 aliphatic rings. The number of hydrogen-bond donors (Lipinski definition) is 2. The van der Waals surface area contributed by atoms with Crippen molar-refractivity contribution in [3.63, 3.8) is 0 Å². The fourth-order valence-corrected chi connectivity index (χ4v) is 5.53. The van der Waals surface area contributed by atoms with Gasteiger partial charge < -0.3 is 14.6 Å². The zero-order valence-electron chi connectivity index (χ0n) is 22.4. The van der Waals surface area contributed by atoms with Gasteiger partial charge in [0.2, 0.25) is 5.90 Å². The zero-order valence-corrected chi connectivity index (χ0v) is 24.0. The van der Waals surface area contributed by atoms with E-state index in [2.05, 4.69) is 31.4 Å². The minimum Gasteiger partial charge on any atom is -0.494 e. The van der Waals surface area contributed by atoms with Crippen molar-refractivity contribution in [1.82, 2.24) is 10.4 Å². The van der Waals surface area contributed by atoms with E-state index in [-0.39, 0.29) is 18.9 Å². The van der Waals surface area contributed by atoms with Gasteiger partial charge in [-0.15, -0.1) is 0 Å². The van der Waals surface area contributed by atoms with E-state index in [1.807, 2.05) is 53.5 Å². The van der Waals surface area contributed by atoms with Crippen molar-refractivity contribution in [1.29, 1.82) is 0 Å². The van der Waals surface area contributed by atoms with Crippen LogP contribution in [0.2, 0.25) is 0 Å². The molecule has 2 atom stereocenters. The first-order chi connectivity index (χ1) is 20.0. The molecule has 11 heteroatoms. The molecule has 2 N–H and O–H groups in total. The number of carbonyl (C=O) groups excluding carboxylic acids is 1. The van der Waals surface area contributed by atoms with Crippen molar-refractivity contribution < 1.29 is 19.4 Å². The molecule has 0 aromatic heterocycles. The van der Waals surface area contributed by atoms with Crippen LogP contribution in [0.25, 0.3) is 10.4 Å². The van der Waals surface area contributed by atoms with Crippen LogP contribution in [0.1, 0.15) is 42.1 Å². The number of hydrogen-bond acceptors (Lipinski definition) is 7. The average molecular weight is 620 g/mol. The number of nitrogens with zero attached hydrogens (tertiary/aromatic N) is 5. The number of rotatable bonds is 11. The van der Waals surface area contributed by atoms with Crippen LogP contribution in [-0.2, 0) is 16.0 Å². The molecule has 5 rings (SSSR count). The third-order valence-corrected chi connectivity index (χ3v) is 7.96. The summed E-state index contributed by atoms with van der Waals surface area (Å²) in [5.74, 6) is 0.656. The van der Waals surface area contributed by atoms with Crippen molar-refractivity contribution >= 4 is 33.4 Å². The molecule has 0 aliphatic carbocycles. The SMILES string of the molecule is [N-]=[N+]=Nc1ccccc1[C@@H]1OC(c2ccc(OCCCO)cc2)=N[C@]1(Cc1ccccc1Br)C(=O)NN1CCCC1. The molecule has 10 nitrogen and oxygen atoms in total. The molecule has 0 radical (unpaired) electrons. The van der Waals surface area contributed by atoms with E-state index in [0.717, 1.165) is 36.0 Å². The van der Waals surface area contributed by atoms with Gasteiger partial charge in [-0.05, 0) is 54.3 Å². The lowest BCUT2D eigenvalue weighted by Crippen LogP contribution is -2.54. The Labute approximate surface area is 246 Å². The number of hydrazine groups is 1. The number of aliphatic imine (C=N–C) groups is 1. The third kappa shape index (κ3) is 6.39. The number of carbonyl (C=O) groups is 1. The van der Waals surface area contributed by atoms with Gasteiger partial charge >= 0.3 is 0 Å². The second-order valence-corrected chi connectivity index (χ2v) is 10.8. The Hall–Kier alpha value is -3.89. The van der Waals surface area contributed by atoms with E-state index >= 15 is 0 Å². The molecule has 1 saturated heterocycles. The van der Waals surface area contributed by atoms with Gasteiger partial charge in [0.1, 0.15) is 5.75 Å². The second-order valence-electron chi connectivity index (χ2n) is 9.94. The molecule has 0 bridgehead atoms. The minimum atomic E-state index is -1.42. The third-order valence-electron chi connectivity index (χ3n) is 7.19. The smallest absolute Gasteiger partial charge is 0.266 e. The Morgan fingerprint density at radius 2 is 1.88 bits per heavy atom. The maximum absolute atomic E-state index is 14.4. The Morgan fingerprint density at radius 3 is 2.61 bits per heavy atom. The first kappa shape index (κ1) is 28.6. The number of aliphatic hydroxyl groups excluding tert-OH is 1. The molecular formula is C30H31BrN6O4. The van der Waals surface area contributed by atoms with Crippen LogP contribution in [0, 0.1) is 0 Å². The zero-order chi connectivity index (χ0) is 28.7. The quantitative estimate of drug-likeness (QED) is 0.122.